The van der Waals surface area contributed by atoms with E-state index in [2.05, 4.69) is 15.6 Å². The highest BCUT2D eigenvalue weighted by Gasteiger charge is 2.11. The summed E-state index contributed by atoms with van der Waals surface area (Å²) >= 11 is 1.57. The zero-order valence-corrected chi connectivity index (χ0v) is 14.2. The van der Waals surface area contributed by atoms with Gasteiger partial charge in [-0.15, -0.1) is 11.3 Å². The molecule has 1 heterocycles. The number of hydrogen-bond acceptors (Lipinski definition) is 4. The number of amides is 3. The average molecular weight is 332 g/mol. The molecule has 23 heavy (non-hydrogen) atoms. The molecule has 0 aliphatic heterocycles. The smallest absolute Gasteiger partial charge is 0.321 e. The number of carbonyl (C=O) groups excluding carboxylic acids is 2. The molecular weight excluding hydrogens is 312 g/mol. The van der Waals surface area contributed by atoms with Gasteiger partial charge in [-0.1, -0.05) is 6.92 Å². The van der Waals surface area contributed by atoms with Gasteiger partial charge in [0, 0.05) is 30.2 Å². The van der Waals surface area contributed by atoms with Crippen molar-refractivity contribution in [2.24, 2.45) is 0 Å². The number of thiazole rings is 1. The van der Waals surface area contributed by atoms with Gasteiger partial charge < -0.3 is 15.5 Å². The zero-order valence-electron chi connectivity index (χ0n) is 13.4. The van der Waals surface area contributed by atoms with Crippen LogP contribution in [0.5, 0.6) is 0 Å². The Morgan fingerprint density at radius 3 is 2.30 bits per heavy atom. The lowest BCUT2D eigenvalue weighted by Crippen LogP contribution is -2.30. The highest BCUT2D eigenvalue weighted by molar-refractivity contribution is 7.09. The van der Waals surface area contributed by atoms with E-state index in [1.807, 2.05) is 12.3 Å². The minimum atomic E-state index is -0.207. The second kappa shape index (κ2) is 7.73. The maximum atomic E-state index is 12.2. The van der Waals surface area contributed by atoms with E-state index >= 15 is 0 Å². The molecule has 1 aromatic heterocycles. The monoisotopic (exact) mass is 332 g/mol. The van der Waals surface area contributed by atoms with Crippen molar-refractivity contribution < 1.29 is 9.59 Å². The number of aromatic nitrogens is 1. The minimum Gasteiger partial charge on any atom is -0.326 e. The molecule has 2 rings (SSSR count). The van der Waals surface area contributed by atoms with Crippen molar-refractivity contribution in [1.82, 2.24) is 9.88 Å². The molecule has 1 aromatic carbocycles. The molecule has 3 amide bonds. The number of urea groups is 1. The van der Waals surface area contributed by atoms with E-state index in [1.54, 1.807) is 54.5 Å². The van der Waals surface area contributed by atoms with Gasteiger partial charge in [-0.05, 0) is 31.2 Å². The summed E-state index contributed by atoms with van der Waals surface area (Å²) in [5.41, 5.74) is 2.26. The maximum absolute atomic E-state index is 12.2. The van der Waals surface area contributed by atoms with Gasteiger partial charge in [-0.3, -0.25) is 4.79 Å². The molecule has 0 fully saturated rings. The van der Waals surface area contributed by atoms with Gasteiger partial charge in [-0.25, -0.2) is 9.78 Å². The summed E-state index contributed by atoms with van der Waals surface area (Å²) in [6.07, 6.45) is 0.430. The molecule has 0 aliphatic rings. The molecule has 6 nitrogen and oxygen atoms in total. The Morgan fingerprint density at radius 1 is 1.17 bits per heavy atom. The van der Waals surface area contributed by atoms with Crippen LogP contribution in [0.1, 0.15) is 24.0 Å². The lowest BCUT2D eigenvalue weighted by molar-refractivity contribution is -0.115. The van der Waals surface area contributed by atoms with Gasteiger partial charge in [0.15, 0.2) is 0 Å². The molecule has 2 N–H and O–H groups in total. The Kier molecular flexibility index (Phi) is 5.70. The number of carbonyl (C=O) groups is 2. The van der Waals surface area contributed by atoms with Gasteiger partial charge in [0.25, 0.3) is 0 Å². The van der Waals surface area contributed by atoms with E-state index in [1.165, 1.54) is 0 Å². The van der Waals surface area contributed by atoms with E-state index in [0.717, 1.165) is 10.7 Å². The first kappa shape index (κ1) is 17.0. The van der Waals surface area contributed by atoms with Gasteiger partial charge >= 0.3 is 6.03 Å². The van der Waals surface area contributed by atoms with E-state index in [4.69, 9.17) is 0 Å². The third kappa shape index (κ3) is 5.07. The van der Waals surface area contributed by atoms with Crippen LogP contribution in [0.4, 0.5) is 16.2 Å². The van der Waals surface area contributed by atoms with Crippen LogP contribution in [0.3, 0.4) is 0 Å². The quantitative estimate of drug-likeness (QED) is 0.880. The normalized spacial score (nSPS) is 10.2. The maximum Gasteiger partial charge on any atom is 0.321 e. The first-order chi connectivity index (χ1) is 11.0. The summed E-state index contributed by atoms with van der Waals surface area (Å²) in [7, 11) is 1.72. The van der Waals surface area contributed by atoms with Crippen molar-refractivity contribution in [3.05, 3.63) is 40.3 Å². The number of anilines is 2. The summed E-state index contributed by atoms with van der Waals surface area (Å²) in [5, 5.41) is 8.51. The second-order valence-corrected chi connectivity index (χ2v) is 6.19. The summed E-state index contributed by atoms with van der Waals surface area (Å²) in [6, 6.07) is 6.81. The molecule has 0 atom stereocenters. The number of hydrogen-bond donors (Lipinski definition) is 2. The Balaban J connectivity index is 1.90. The van der Waals surface area contributed by atoms with Crippen molar-refractivity contribution in [3.8, 4) is 0 Å². The summed E-state index contributed by atoms with van der Waals surface area (Å²) < 4.78 is 0. The number of rotatable bonds is 5. The predicted molar refractivity (Wildman–Crippen MR) is 92.7 cm³/mol. The SMILES string of the molecule is CCC(=O)Nc1ccc(NC(=O)N(C)Cc2csc(C)n2)cc1. The van der Waals surface area contributed by atoms with Crippen molar-refractivity contribution >= 4 is 34.6 Å². The molecule has 0 radical (unpaired) electrons. The van der Waals surface area contributed by atoms with E-state index in [9.17, 15) is 9.59 Å². The molecule has 122 valence electrons. The topological polar surface area (TPSA) is 74.3 Å². The Hall–Kier alpha value is -2.41. The van der Waals surface area contributed by atoms with Crippen LogP contribution in [0.2, 0.25) is 0 Å². The van der Waals surface area contributed by atoms with Gasteiger partial charge in [0.1, 0.15) is 0 Å². The minimum absolute atomic E-state index is 0.0416. The lowest BCUT2D eigenvalue weighted by Gasteiger charge is -2.17. The van der Waals surface area contributed by atoms with Crippen LogP contribution >= 0.6 is 11.3 Å². The number of benzene rings is 1. The largest absolute Gasteiger partial charge is 0.326 e. The summed E-state index contributed by atoms with van der Waals surface area (Å²) in [4.78, 5) is 29.4. The third-order valence-corrected chi connectivity index (χ3v) is 3.98. The van der Waals surface area contributed by atoms with Crippen LogP contribution < -0.4 is 10.6 Å². The molecule has 0 saturated carbocycles. The van der Waals surface area contributed by atoms with Crippen LogP contribution in [0.25, 0.3) is 0 Å². The van der Waals surface area contributed by atoms with Gasteiger partial charge in [0.2, 0.25) is 5.91 Å². The molecular formula is C16H20N4O2S. The molecule has 2 aromatic rings. The van der Waals surface area contributed by atoms with Crippen molar-refractivity contribution in [3.63, 3.8) is 0 Å². The molecule has 0 bridgehead atoms. The fraction of sp³-hybridized carbons (Fsp3) is 0.312. The number of nitrogens with one attached hydrogen (secondary N) is 2. The Bertz CT molecular complexity index is 682. The van der Waals surface area contributed by atoms with E-state index in [0.29, 0.717) is 24.3 Å². The second-order valence-electron chi connectivity index (χ2n) is 5.12. The van der Waals surface area contributed by atoms with Gasteiger partial charge in [0.05, 0.1) is 17.2 Å². The molecule has 0 spiro atoms. The van der Waals surface area contributed by atoms with Crippen LogP contribution in [0, 0.1) is 6.92 Å². The Labute approximate surface area is 139 Å². The first-order valence-electron chi connectivity index (χ1n) is 7.31. The van der Waals surface area contributed by atoms with Crippen LogP contribution in [-0.2, 0) is 11.3 Å². The Morgan fingerprint density at radius 2 is 1.78 bits per heavy atom. The van der Waals surface area contributed by atoms with E-state index in [-0.39, 0.29) is 11.9 Å². The molecule has 0 unspecified atom stereocenters. The highest BCUT2D eigenvalue weighted by Crippen LogP contribution is 2.15. The number of aryl methyl sites for hydroxylation is 1. The summed E-state index contributed by atoms with van der Waals surface area (Å²) in [6.45, 7) is 4.19. The zero-order chi connectivity index (χ0) is 16.8. The standard InChI is InChI=1S/C16H20N4O2S/c1-4-15(21)18-12-5-7-13(8-6-12)19-16(22)20(3)9-14-10-23-11(2)17-14/h5-8,10H,4,9H2,1-3H3,(H,18,21)(H,19,22). The first-order valence-corrected chi connectivity index (χ1v) is 8.19. The highest BCUT2D eigenvalue weighted by atomic mass is 32.1. The van der Waals surface area contributed by atoms with Crippen molar-refractivity contribution in [2.45, 2.75) is 26.8 Å². The van der Waals surface area contributed by atoms with Crippen LogP contribution in [-0.4, -0.2) is 28.9 Å². The van der Waals surface area contributed by atoms with Crippen LogP contribution in [0.15, 0.2) is 29.6 Å². The fourth-order valence-corrected chi connectivity index (χ4v) is 2.50. The third-order valence-electron chi connectivity index (χ3n) is 3.15. The molecule has 0 saturated heterocycles. The number of nitrogens with zero attached hydrogens (tertiary/aromatic N) is 2. The summed E-state index contributed by atoms with van der Waals surface area (Å²) in [5.74, 6) is -0.0416. The molecule has 0 aliphatic carbocycles. The van der Waals surface area contributed by atoms with Gasteiger partial charge in [-0.2, -0.15) is 0 Å². The average Bonchev–Trinajstić information content (AvgIpc) is 2.94. The lowest BCUT2D eigenvalue weighted by atomic mass is 10.2. The van der Waals surface area contributed by atoms with E-state index < -0.39 is 0 Å². The predicted octanol–water partition coefficient (Wildman–Crippen LogP) is 3.46. The van der Waals surface area contributed by atoms with Crippen molar-refractivity contribution in [2.75, 3.05) is 17.7 Å². The molecule has 7 heteroatoms. The fourth-order valence-electron chi connectivity index (χ4n) is 1.90. The van der Waals surface area contributed by atoms with Crippen molar-refractivity contribution in [1.29, 1.82) is 0 Å².